The molecule has 0 spiro atoms. The van der Waals surface area contributed by atoms with Gasteiger partial charge in [0.15, 0.2) is 0 Å². The van der Waals surface area contributed by atoms with E-state index in [1.807, 2.05) is 0 Å². The van der Waals surface area contributed by atoms with Gasteiger partial charge in [-0.25, -0.2) is 4.79 Å². The highest BCUT2D eigenvalue weighted by molar-refractivity contribution is 9.10. The van der Waals surface area contributed by atoms with Crippen LogP contribution in [0.3, 0.4) is 0 Å². The number of aryl methyl sites for hydroxylation is 1. The number of hydrogen-bond acceptors (Lipinski definition) is 3. The fourth-order valence-corrected chi connectivity index (χ4v) is 1.98. The Morgan fingerprint density at radius 3 is 2.45 bits per heavy atom. The quantitative estimate of drug-likeness (QED) is 0.800. The first kappa shape index (κ1) is 14.6. The first-order chi connectivity index (χ1) is 9.25. The van der Waals surface area contributed by atoms with Crippen LogP contribution in [0.4, 0.5) is 13.2 Å². The molecule has 0 aliphatic carbocycles. The van der Waals surface area contributed by atoms with Crippen molar-refractivity contribution in [3.8, 4) is 11.5 Å². The van der Waals surface area contributed by atoms with Gasteiger partial charge in [-0.3, -0.25) is 0 Å². The summed E-state index contributed by atoms with van der Waals surface area (Å²) in [4.78, 5) is 11.2. The van der Waals surface area contributed by atoms with E-state index in [9.17, 15) is 18.0 Å². The van der Waals surface area contributed by atoms with Gasteiger partial charge in [-0.1, -0.05) is 0 Å². The third kappa shape index (κ3) is 3.41. The van der Waals surface area contributed by atoms with Crippen molar-refractivity contribution in [2.24, 2.45) is 0 Å². The molecule has 7 heteroatoms. The minimum Gasteiger partial charge on any atom is -0.456 e. The van der Waals surface area contributed by atoms with Crippen LogP contribution in [0.25, 0.3) is 0 Å². The molecule has 1 aromatic carbocycles. The molecule has 106 valence electrons. The van der Waals surface area contributed by atoms with E-state index in [-0.39, 0.29) is 16.0 Å². The highest BCUT2D eigenvalue weighted by atomic mass is 79.9. The van der Waals surface area contributed by atoms with Crippen molar-refractivity contribution in [2.45, 2.75) is 13.1 Å². The van der Waals surface area contributed by atoms with Crippen LogP contribution in [0, 0.1) is 6.92 Å². The Hall–Kier alpha value is -1.76. The van der Waals surface area contributed by atoms with Gasteiger partial charge in [0.25, 0.3) is 0 Å². The Morgan fingerprint density at radius 1 is 1.20 bits per heavy atom. The fraction of sp³-hybridized carbons (Fsp3) is 0.154. The van der Waals surface area contributed by atoms with E-state index >= 15 is 0 Å². The highest BCUT2D eigenvalue weighted by Crippen LogP contribution is 2.36. The van der Waals surface area contributed by atoms with E-state index in [4.69, 9.17) is 9.15 Å². The number of benzene rings is 1. The maximum atomic E-state index is 12.5. The van der Waals surface area contributed by atoms with Crippen molar-refractivity contribution in [1.29, 1.82) is 0 Å². The highest BCUT2D eigenvalue weighted by Gasteiger charge is 2.31. The standard InChI is InChI=1S/C13H8BrF3O3/c1-7-4-9(6-12(18)19-7)20-11-3-2-8(5-10(11)14)13(15,16)17/h2-6H,1H3. The first-order valence-corrected chi connectivity index (χ1v) is 6.21. The predicted molar refractivity (Wildman–Crippen MR) is 68.9 cm³/mol. The van der Waals surface area contributed by atoms with Gasteiger partial charge in [0, 0.05) is 6.07 Å². The second kappa shape index (κ2) is 5.32. The average molecular weight is 349 g/mol. The molecule has 0 radical (unpaired) electrons. The molecule has 0 bridgehead atoms. The maximum Gasteiger partial charge on any atom is 0.416 e. The molecule has 0 atom stereocenters. The zero-order valence-electron chi connectivity index (χ0n) is 10.1. The molecule has 0 fully saturated rings. The minimum atomic E-state index is -4.43. The molecule has 1 heterocycles. The summed E-state index contributed by atoms with van der Waals surface area (Å²) in [5.41, 5.74) is -1.39. The van der Waals surface area contributed by atoms with Gasteiger partial charge < -0.3 is 9.15 Å². The molecule has 0 saturated heterocycles. The van der Waals surface area contributed by atoms with Crippen molar-refractivity contribution >= 4 is 15.9 Å². The normalized spacial score (nSPS) is 11.4. The molecule has 0 aliphatic rings. The van der Waals surface area contributed by atoms with Gasteiger partial charge in [-0.05, 0) is 41.1 Å². The zero-order valence-corrected chi connectivity index (χ0v) is 11.7. The Kier molecular flexibility index (Phi) is 3.89. The van der Waals surface area contributed by atoms with E-state index in [1.54, 1.807) is 6.92 Å². The van der Waals surface area contributed by atoms with E-state index in [0.717, 1.165) is 18.2 Å². The van der Waals surface area contributed by atoms with Crippen molar-refractivity contribution < 1.29 is 22.3 Å². The number of alkyl halides is 3. The monoisotopic (exact) mass is 348 g/mol. The average Bonchev–Trinajstić information content (AvgIpc) is 2.29. The van der Waals surface area contributed by atoms with Crippen LogP contribution < -0.4 is 10.4 Å². The van der Waals surface area contributed by atoms with E-state index in [0.29, 0.717) is 5.76 Å². The summed E-state index contributed by atoms with van der Waals surface area (Å²) in [7, 11) is 0. The van der Waals surface area contributed by atoms with Crippen molar-refractivity contribution in [3.05, 3.63) is 56.5 Å². The molecule has 0 saturated carbocycles. The first-order valence-electron chi connectivity index (χ1n) is 5.42. The summed E-state index contributed by atoms with van der Waals surface area (Å²) in [5, 5.41) is 0. The van der Waals surface area contributed by atoms with Gasteiger partial charge in [-0.15, -0.1) is 0 Å². The molecule has 2 rings (SSSR count). The topological polar surface area (TPSA) is 39.4 Å². The second-order valence-corrected chi connectivity index (χ2v) is 4.82. The lowest BCUT2D eigenvalue weighted by Crippen LogP contribution is -2.04. The molecular formula is C13H8BrF3O3. The van der Waals surface area contributed by atoms with Crippen LogP contribution in [0.5, 0.6) is 11.5 Å². The van der Waals surface area contributed by atoms with Gasteiger partial charge in [0.05, 0.1) is 16.1 Å². The summed E-state index contributed by atoms with van der Waals surface area (Å²) in [6, 6.07) is 5.56. The Balaban J connectivity index is 2.33. The predicted octanol–water partition coefficient (Wildman–Crippen LogP) is 4.52. The SMILES string of the molecule is Cc1cc(Oc2ccc(C(F)(F)F)cc2Br)cc(=O)o1. The van der Waals surface area contributed by atoms with Crippen LogP contribution in [0.1, 0.15) is 11.3 Å². The van der Waals surface area contributed by atoms with Gasteiger partial charge in [0.1, 0.15) is 17.3 Å². The lowest BCUT2D eigenvalue weighted by molar-refractivity contribution is -0.137. The second-order valence-electron chi connectivity index (χ2n) is 3.97. The maximum absolute atomic E-state index is 12.5. The van der Waals surface area contributed by atoms with Gasteiger partial charge in [-0.2, -0.15) is 13.2 Å². The Bertz CT molecular complexity index is 692. The van der Waals surface area contributed by atoms with E-state index in [1.165, 1.54) is 12.1 Å². The summed E-state index contributed by atoms with van der Waals surface area (Å²) < 4.78 is 47.8. The van der Waals surface area contributed by atoms with Crippen LogP contribution in [-0.4, -0.2) is 0 Å². The number of halogens is 4. The number of ether oxygens (including phenoxy) is 1. The minimum absolute atomic E-state index is 0.137. The summed E-state index contributed by atoms with van der Waals surface area (Å²) in [6.07, 6.45) is -4.43. The molecule has 2 aromatic rings. The molecule has 0 amide bonds. The third-order valence-corrected chi connectivity index (χ3v) is 2.97. The number of hydrogen-bond donors (Lipinski definition) is 0. The third-order valence-electron chi connectivity index (χ3n) is 2.35. The summed E-state index contributed by atoms with van der Waals surface area (Å²) in [6.45, 7) is 1.57. The Labute approximate surface area is 120 Å². The smallest absolute Gasteiger partial charge is 0.416 e. The van der Waals surface area contributed by atoms with Crippen LogP contribution >= 0.6 is 15.9 Å². The van der Waals surface area contributed by atoms with Crippen LogP contribution in [0.2, 0.25) is 0 Å². The van der Waals surface area contributed by atoms with E-state index < -0.39 is 17.4 Å². The molecular weight excluding hydrogens is 341 g/mol. The molecule has 0 N–H and O–H groups in total. The number of rotatable bonds is 2. The van der Waals surface area contributed by atoms with Crippen molar-refractivity contribution in [1.82, 2.24) is 0 Å². The molecule has 0 unspecified atom stereocenters. The lowest BCUT2D eigenvalue weighted by atomic mass is 10.2. The fourth-order valence-electron chi connectivity index (χ4n) is 1.52. The van der Waals surface area contributed by atoms with Gasteiger partial charge in [0.2, 0.25) is 0 Å². The molecule has 3 nitrogen and oxygen atoms in total. The van der Waals surface area contributed by atoms with Crippen molar-refractivity contribution in [2.75, 3.05) is 0 Å². The summed E-state index contributed by atoms with van der Waals surface area (Å²) >= 11 is 3.01. The molecule has 0 aliphatic heterocycles. The summed E-state index contributed by atoms with van der Waals surface area (Å²) in [5.74, 6) is 0.706. The van der Waals surface area contributed by atoms with Gasteiger partial charge >= 0.3 is 11.8 Å². The zero-order chi connectivity index (χ0) is 14.9. The Morgan fingerprint density at radius 2 is 1.90 bits per heavy atom. The van der Waals surface area contributed by atoms with Crippen molar-refractivity contribution in [3.63, 3.8) is 0 Å². The largest absolute Gasteiger partial charge is 0.456 e. The lowest BCUT2D eigenvalue weighted by Gasteiger charge is -2.11. The van der Waals surface area contributed by atoms with Crippen LogP contribution in [0.15, 0.2) is 44.0 Å². The van der Waals surface area contributed by atoms with Crippen LogP contribution in [-0.2, 0) is 6.18 Å². The van der Waals surface area contributed by atoms with E-state index in [2.05, 4.69) is 15.9 Å². The molecule has 1 aromatic heterocycles. The molecule has 20 heavy (non-hydrogen) atoms.